The maximum atomic E-state index is 13.3. The summed E-state index contributed by atoms with van der Waals surface area (Å²) in [5, 5.41) is 0. The van der Waals surface area contributed by atoms with Crippen molar-refractivity contribution >= 4 is 53.9 Å². The van der Waals surface area contributed by atoms with Crippen molar-refractivity contribution in [1.82, 2.24) is 0 Å². The van der Waals surface area contributed by atoms with E-state index >= 15 is 0 Å². The number of carbonyl (C=O) groups is 1. The summed E-state index contributed by atoms with van der Waals surface area (Å²) in [6, 6.07) is 1.93. The van der Waals surface area contributed by atoms with Crippen LogP contribution in [0.4, 0.5) is 14.5 Å². The molecule has 1 aliphatic heterocycles. The minimum Gasteiger partial charge on any atom is -0.311 e. The van der Waals surface area contributed by atoms with E-state index in [4.69, 9.17) is 10.7 Å². The van der Waals surface area contributed by atoms with Gasteiger partial charge in [-0.3, -0.25) is 4.79 Å². The molecule has 1 amide bonds. The van der Waals surface area contributed by atoms with E-state index in [2.05, 4.69) is 0 Å². The third-order valence-electron chi connectivity index (χ3n) is 2.92. The van der Waals surface area contributed by atoms with E-state index in [1.807, 2.05) is 0 Å². The summed E-state index contributed by atoms with van der Waals surface area (Å²) < 4.78 is 48.8. The van der Waals surface area contributed by atoms with Crippen LogP contribution in [0.25, 0.3) is 0 Å². The van der Waals surface area contributed by atoms with Crippen molar-refractivity contribution in [3.05, 3.63) is 27.3 Å². The van der Waals surface area contributed by atoms with E-state index in [0.29, 0.717) is 3.57 Å². The van der Waals surface area contributed by atoms with E-state index < -0.39 is 26.6 Å². The first-order chi connectivity index (χ1) is 9.17. The molecule has 1 aliphatic rings. The number of carbonyl (C=O) groups excluding carboxylic acids is 1. The Bertz CT molecular complexity index is 668. The smallest absolute Gasteiger partial charge is 0.232 e. The van der Waals surface area contributed by atoms with Crippen molar-refractivity contribution in [2.45, 2.75) is 6.42 Å². The molecule has 20 heavy (non-hydrogen) atoms. The molecule has 0 spiro atoms. The molecule has 1 unspecified atom stereocenters. The second-order valence-corrected chi connectivity index (χ2v) is 8.48. The first-order valence-corrected chi connectivity index (χ1v) is 9.10. The molecule has 0 radical (unpaired) electrons. The topological polar surface area (TPSA) is 54.5 Å². The Balaban J connectivity index is 2.26. The SMILES string of the molecule is O=C1CC(CS(=O)(=O)Cl)CN1c1cc(F)c(F)cc1I. The molecule has 2 rings (SSSR count). The summed E-state index contributed by atoms with van der Waals surface area (Å²) in [6.45, 7) is 0.117. The third-order valence-corrected chi connectivity index (χ3v) is 5.03. The van der Waals surface area contributed by atoms with Crippen LogP contribution in [0.3, 0.4) is 0 Å². The lowest BCUT2D eigenvalue weighted by atomic mass is 10.1. The van der Waals surface area contributed by atoms with Crippen LogP contribution in [0.1, 0.15) is 6.42 Å². The van der Waals surface area contributed by atoms with Crippen LogP contribution in [-0.2, 0) is 13.8 Å². The van der Waals surface area contributed by atoms with Crippen molar-refractivity contribution in [2.75, 3.05) is 17.2 Å². The minimum absolute atomic E-state index is 0.0149. The van der Waals surface area contributed by atoms with Crippen LogP contribution in [0, 0.1) is 21.1 Å². The number of benzene rings is 1. The Morgan fingerprint density at radius 2 is 1.95 bits per heavy atom. The maximum Gasteiger partial charge on any atom is 0.232 e. The summed E-state index contributed by atoms with van der Waals surface area (Å²) in [5.41, 5.74) is 0.240. The van der Waals surface area contributed by atoms with Crippen LogP contribution < -0.4 is 4.90 Å². The summed E-state index contributed by atoms with van der Waals surface area (Å²) in [5.74, 6) is -3.16. The van der Waals surface area contributed by atoms with E-state index in [0.717, 1.165) is 12.1 Å². The van der Waals surface area contributed by atoms with Crippen LogP contribution in [-0.4, -0.2) is 26.6 Å². The van der Waals surface area contributed by atoms with Crippen molar-refractivity contribution in [2.24, 2.45) is 5.92 Å². The van der Waals surface area contributed by atoms with E-state index in [1.165, 1.54) is 4.90 Å². The predicted molar refractivity (Wildman–Crippen MR) is 79.2 cm³/mol. The van der Waals surface area contributed by atoms with Crippen LogP contribution in [0.5, 0.6) is 0 Å². The highest BCUT2D eigenvalue weighted by atomic mass is 127. The zero-order valence-electron chi connectivity index (χ0n) is 9.95. The fourth-order valence-corrected chi connectivity index (χ4v) is 4.17. The quantitative estimate of drug-likeness (QED) is 0.416. The molecule has 1 atom stereocenters. The van der Waals surface area contributed by atoms with Crippen LogP contribution in [0.15, 0.2) is 12.1 Å². The summed E-state index contributed by atoms with van der Waals surface area (Å²) in [4.78, 5) is 13.1. The second-order valence-electron chi connectivity index (χ2n) is 4.50. The molecule has 0 aromatic heterocycles. The first-order valence-electron chi connectivity index (χ1n) is 5.54. The zero-order valence-corrected chi connectivity index (χ0v) is 13.7. The fourth-order valence-electron chi connectivity index (χ4n) is 2.13. The van der Waals surface area contributed by atoms with Gasteiger partial charge in [0, 0.05) is 39.2 Å². The second kappa shape index (κ2) is 5.72. The molecule has 1 aromatic rings. The van der Waals surface area contributed by atoms with Gasteiger partial charge in [-0.1, -0.05) is 0 Å². The average Bonchev–Trinajstić information content (AvgIpc) is 2.62. The van der Waals surface area contributed by atoms with Gasteiger partial charge in [-0.25, -0.2) is 17.2 Å². The van der Waals surface area contributed by atoms with E-state index in [-0.39, 0.29) is 30.3 Å². The van der Waals surface area contributed by atoms with Crippen LogP contribution in [0.2, 0.25) is 0 Å². The van der Waals surface area contributed by atoms with Gasteiger partial charge in [0.05, 0.1) is 11.4 Å². The van der Waals surface area contributed by atoms with Crippen LogP contribution >= 0.6 is 33.3 Å². The molecule has 0 bridgehead atoms. The standard InChI is InChI=1S/C11H9ClF2INO3S/c12-20(18,19)5-6-1-11(17)16(4-6)10-3-8(14)7(13)2-9(10)15/h2-3,6H,1,4-5H2. The number of halogens is 4. The lowest BCUT2D eigenvalue weighted by Gasteiger charge is -2.18. The van der Waals surface area contributed by atoms with Gasteiger partial charge < -0.3 is 4.90 Å². The molecule has 1 saturated heterocycles. The first kappa shape index (κ1) is 15.9. The fraction of sp³-hybridized carbons (Fsp3) is 0.364. The molecular weight excluding hydrogens is 427 g/mol. The van der Waals surface area contributed by atoms with Gasteiger partial charge in [0.15, 0.2) is 11.6 Å². The predicted octanol–water partition coefficient (Wildman–Crippen LogP) is 2.49. The van der Waals surface area contributed by atoms with Gasteiger partial charge in [0.2, 0.25) is 15.0 Å². The number of hydrogen-bond acceptors (Lipinski definition) is 3. The number of hydrogen-bond donors (Lipinski definition) is 0. The van der Waals surface area contributed by atoms with E-state index in [9.17, 15) is 22.0 Å². The minimum atomic E-state index is -3.70. The molecular formula is C11H9ClF2INO3S. The Kier molecular flexibility index (Phi) is 4.55. The Morgan fingerprint density at radius 3 is 2.55 bits per heavy atom. The van der Waals surface area contributed by atoms with Gasteiger partial charge in [-0.15, -0.1) is 0 Å². The maximum absolute atomic E-state index is 13.3. The number of rotatable bonds is 3. The molecule has 1 aromatic carbocycles. The molecule has 9 heteroatoms. The van der Waals surface area contributed by atoms with Gasteiger partial charge in [-0.05, 0) is 28.7 Å². The Morgan fingerprint density at radius 1 is 1.35 bits per heavy atom. The van der Waals surface area contributed by atoms with Gasteiger partial charge in [0.25, 0.3) is 0 Å². The highest BCUT2D eigenvalue weighted by molar-refractivity contribution is 14.1. The third kappa shape index (κ3) is 3.59. The number of amides is 1. The highest BCUT2D eigenvalue weighted by Gasteiger charge is 2.34. The Labute approximate surface area is 132 Å². The summed E-state index contributed by atoms with van der Waals surface area (Å²) in [6.07, 6.45) is 0.0149. The summed E-state index contributed by atoms with van der Waals surface area (Å²) >= 11 is 1.79. The molecule has 0 saturated carbocycles. The van der Waals surface area contributed by atoms with Crippen molar-refractivity contribution < 1.29 is 22.0 Å². The number of nitrogens with zero attached hydrogens (tertiary/aromatic N) is 1. The molecule has 4 nitrogen and oxygen atoms in total. The molecule has 1 heterocycles. The molecule has 0 aliphatic carbocycles. The lowest BCUT2D eigenvalue weighted by molar-refractivity contribution is -0.117. The normalized spacial score (nSPS) is 19.7. The molecule has 0 N–H and O–H groups in total. The zero-order chi connectivity index (χ0) is 15.1. The largest absolute Gasteiger partial charge is 0.311 e. The summed E-state index contributed by atoms with van der Waals surface area (Å²) in [7, 11) is 1.46. The van der Waals surface area contributed by atoms with Gasteiger partial charge in [0.1, 0.15) is 0 Å². The lowest BCUT2D eigenvalue weighted by Crippen LogP contribution is -2.26. The van der Waals surface area contributed by atoms with Gasteiger partial charge in [-0.2, -0.15) is 0 Å². The van der Waals surface area contributed by atoms with Gasteiger partial charge >= 0.3 is 0 Å². The van der Waals surface area contributed by atoms with E-state index in [1.54, 1.807) is 22.6 Å². The monoisotopic (exact) mass is 435 g/mol. The highest BCUT2D eigenvalue weighted by Crippen LogP contribution is 2.31. The number of anilines is 1. The molecule has 110 valence electrons. The molecule has 1 fully saturated rings. The Hall–Kier alpha value is -0.480. The van der Waals surface area contributed by atoms with Crippen molar-refractivity contribution in [1.29, 1.82) is 0 Å². The van der Waals surface area contributed by atoms with Crippen molar-refractivity contribution in [3.8, 4) is 0 Å². The average molecular weight is 436 g/mol. The van der Waals surface area contributed by atoms with Crippen molar-refractivity contribution in [3.63, 3.8) is 0 Å².